The first-order chi connectivity index (χ1) is 11.3. The zero-order valence-electron chi connectivity index (χ0n) is 14.0. The van der Waals surface area contributed by atoms with Gasteiger partial charge >= 0.3 is 6.03 Å². The molecule has 0 saturated carbocycles. The van der Waals surface area contributed by atoms with E-state index in [0.29, 0.717) is 12.2 Å². The molecule has 0 spiro atoms. The maximum atomic E-state index is 11.9. The second-order valence-electron chi connectivity index (χ2n) is 6.70. The lowest BCUT2D eigenvalue weighted by Crippen LogP contribution is -2.34. The van der Waals surface area contributed by atoms with E-state index in [1.807, 2.05) is 6.08 Å². The van der Waals surface area contributed by atoms with Crippen LogP contribution in [0.4, 0.5) is 10.7 Å². The number of nitrogens with zero attached hydrogens (tertiary/aromatic N) is 2. The molecule has 2 amide bonds. The highest BCUT2D eigenvalue weighted by Crippen LogP contribution is 2.36. The van der Waals surface area contributed by atoms with Crippen LogP contribution in [0.15, 0.2) is 27.5 Å². The number of aryl methyl sites for hydroxylation is 1. The Kier molecular flexibility index (Phi) is 5.31. The number of urea groups is 1. The number of carbonyl (C=O) groups excluding carboxylic acids is 2. The summed E-state index contributed by atoms with van der Waals surface area (Å²) >= 11 is 0. The van der Waals surface area contributed by atoms with Gasteiger partial charge in [-0.2, -0.15) is 4.99 Å². The van der Waals surface area contributed by atoms with E-state index in [4.69, 9.17) is 0 Å². The van der Waals surface area contributed by atoms with Crippen molar-refractivity contribution in [1.82, 2.24) is 15.3 Å². The highest BCUT2D eigenvalue weighted by Gasteiger charge is 2.28. The Balaban J connectivity index is 1.97. The molecule has 1 unspecified atom stereocenters. The van der Waals surface area contributed by atoms with E-state index in [9.17, 15) is 14.4 Å². The van der Waals surface area contributed by atoms with Crippen LogP contribution in [-0.4, -0.2) is 34.7 Å². The molecule has 3 N–H and O–H groups in total. The van der Waals surface area contributed by atoms with Crippen LogP contribution in [0.25, 0.3) is 0 Å². The molecule has 1 heterocycles. The molecule has 1 aliphatic carbocycles. The van der Waals surface area contributed by atoms with Crippen molar-refractivity contribution in [2.45, 2.75) is 39.7 Å². The number of carbonyl (C=O) groups is 1. The van der Waals surface area contributed by atoms with Gasteiger partial charge in [-0.15, -0.1) is 0 Å². The van der Waals surface area contributed by atoms with Crippen LogP contribution < -0.4 is 16.2 Å². The molecule has 1 aromatic rings. The average Bonchev–Trinajstić information content (AvgIpc) is 2.42. The number of H-pyrrole nitrogens is 1. The predicted molar refractivity (Wildman–Crippen MR) is 89.6 cm³/mol. The summed E-state index contributed by atoms with van der Waals surface area (Å²) in [5.74, 6) is 0.0962. The van der Waals surface area contributed by atoms with Gasteiger partial charge < -0.3 is 5.32 Å². The van der Waals surface area contributed by atoms with Gasteiger partial charge in [-0.25, -0.2) is 14.6 Å². The highest BCUT2D eigenvalue weighted by atomic mass is 16.2. The molecular weight excluding hydrogens is 310 g/mol. The molecule has 1 aliphatic rings. The van der Waals surface area contributed by atoms with Crippen molar-refractivity contribution in [2.75, 3.05) is 11.9 Å². The number of aromatic amines is 1. The predicted octanol–water partition coefficient (Wildman–Crippen LogP) is 1.65. The Bertz CT molecular complexity index is 759. The molecule has 0 saturated heterocycles. The molecule has 24 heavy (non-hydrogen) atoms. The van der Waals surface area contributed by atoms with Crippen LogP contribution in [0.1, 0.15) is 32.4 Å². The standard InChI is InChI=1S/C16H21N5O3/c1-10-4-13(23)20-14(19-10)21-15(24)17-8-11-5-12(18-9-22)7-16(2,3)6-11/h4-5,12H,6-8H2,1-3H3,(H3,17,19,20,21,23,24). The number of aliphatic imine (C=N–C) groups is 1. The molecule has 1 atom stereocenters. The fourth-order valence-corrected chi connectivity index (χ4v) is 2.90. The minimum absolute atomic E-state index is 0.00338. The fourth-order valence-electron chi connectivity index (χ4n) is 2.90. The third-order valence-corrected chi connectivity index (χ3v) is 3.69. The number of aromatic nitrogens is 2. The van der Waals surface area contributed by atoms with Gasteiger partial charge in [0.25, 0.3) is 5.56 Å². The van der Waals surface area contributed by atoms with Gasteiger partial charge in [-0.05, 0) is 25.2 Å². The fraction of sp³-hybridized carbons (Fsp3) is 0.500. The molecule has 128 valence electrons. The lowest BCUT2D eigenvalue weighted by Gasteiger charge is -2.32. The Morgan fingerprint density at radius 3 is 2.96 bits per heavy atom. The van der Waals surface area contributed by atoms with E-state index in [0.717, 1.165) is 18.4 Å². The third kappa shape index (κ3) is 5.17. The number of hydrogen-bond donors (Lipinski definition) is 3. The lowest BCUT2D eigenvalue weighted by molar-refractivity contribution is 0.251. The molecule has 0 bridgehead atoms. The summed E-state index contributed by atoms with van der Waals surface area (Å²) in [4.78, 5) is 44.0. The van der Waals surface area contributed by atoms with Crippen LogP contribution in [0, 0.1) is 12.3 Å². The van der Waals surface area contributed by atoms with Gasteiger partial charge in [0, 0.05) is 18.3 Å². The first-order valence-electron chi connectivity index (χ1n) is 7.67. The van der Waals surface area contributed by atoms with Crippen LogP contribution >= 0.6 is 0 Å². The minimum Gasteiger partial charge on any atom is -0.334 e. The summed E-state index contributed by atoms with van der Waals surface area (Å²) in [7, 11) is 0. The van der Waals surface area contributed by atoms with Crippen molar-refractivity contribution in [3.05, 3.63) is 33.8 Å². The number of hydrogen-bond acceptors (Lipinski definition) is 5. The molecule has 0 radical (unpaired) electrons. The van der Waals surface area contributed by atoms with E-state index in [1.54, 1.807) is 13.0 Å². The van der Waals surface area contributed by atoms with Crippen LogP contribution in [0.5, 0.6) is 0 Å². The molecule has 8 heteroatoms. The lowest BCUT2D eigenvalue weighted by atomic mass is 9.75. The zero-order chi connectivity index (χ0) is 17.7. The van der Waals surface area contributed by atoms with Gasteiger partial charge in [-0.3, -0.25) is 15.1 Å². The van der Waals surface area contributed by atoms with Crippen LogP contribution in [0.3, 0.4) is 0 Å². The Morgan fingerprint density at radius 2 is 2.29 bits per heavy atom. The third-order valence-electron chi connectivity index (χ3n) is 3.69. The first-order valence-corrected chi connectivity index (χ1v) is 7.67. The Labute approximate surface area is 139 Å². The van der Waals surface area contributed by atoms with E-state index in [2.05, 4.69) is 39.4 Å². The normalized spacial score (nSPS) is 19.0. The number of anilines is 1. The highest BCUT2D eigenvalue weighted by molar-refractivity contribution is 5.87. The van der Waals surface area contributed by atoms with E-state index in [-0.39, 0.29) is 23.0 Å². The quantitative estimate of drug-likeness (QED) is 0.442. The molecule has 0 aliphatic heterocycles. The topological polar surface area (TPSA) is 116 Å². The number of nitrogens with one attached hydrogen (secondary N) is 3. The SMILES string of the molecule is Cc1cc(=O)[nH]c(NC(=O)NCC2=CC(N=C=O)CC(C)(C)C2)n1. The minimum atomic E-state index is -0.469. The second kappa shape index (κ2) is 7.23. The van der Waals surface area contributed by atoms with Gasteiger partial charge in [0.2, 0.25) is 12.0 Å². The number of isocyanates is 1. The van der Waals surface area contributed by atoms with Gasteiger partial charge in [0.15, 0.2) is 0 Å². The first kappa shape index (κ1) is 17.6. The zero-order valence-corrected chi connectivity index (χ0v) is 14.0. The summed E-state index contributed by atoms with van der Waals surface area (Å²) in [5, 5.41) is 5.21. The van der Waals surface area contributed by atoms with E-state index >= 15 is 0 Å². The molecule has 0 fully saturated rings. The molecule has 0 aromatic carbocycles. The molecular formula is C16H21N5O3. The summed E-state index contributed by atoms with van der Waals surface area (Å²) in [6, 6.07) is 0.662. The van der Waals surface area contributed by atoms with Crippen LogP contribution in [0.2, 0.25) is 0 Å². The van der Waals surface area contributed by atoms with Crippen molar-refractivity contribution in [3.8, 4) is 0 Å². The largest absolute Gasteiger partial charge is 0.334 e. The number of amides is 2. The van der Waals surface area contributed by atoms with Crippen LogP contribution in [-0.2, 0) is 4.79 Å². The Morgan fingerprint density at radius 1 is 1.54 bits per heavy atom. The van der Waals surface area contributed by atoms with Crippen molar-refractivity contribution >= 4 is 18.1 Å². The molecule has 8 nitrogen and oxygen atoms in total. The van der Waals surface area contributed by atoms with Crippen molar-refractivity contribution in [3.63, 3.8) is 0 Å². The van der Waals surface area contributed by atoms with Crippen molar-refractivity contribution in [1.29, 1.82) is 0 Å². The smallest absolute Gasteiger partial charge is 0.321 e. The summed E-state index contributed by atoms with van der Waals surface area (Å²) in [6.07, 6.45) is 5.06. The maximum absolute atomic E-state index is 11.9. The monoisotopic (exact) mass is 331 g/mol. The molecule has 2 rings (SSSR count). The van der Waals surface area contributed by atoms with E-state index < -0.39 is 6.03 Å². The van der Waals surface area contributed by atoms with E-state index in [1.165, 1.54) is 6.07 Å². The maximum Gasteiger partial charge on any atom is 0.321 e. The van der Waals surface area contributed by atoms with Crippen molar-refractivity contribution in [2.24, 2.45) is 10.4 Å². The summed E-state index contributed by atoms with van der Waals surface area (Å²) < 4.78 is 0. The second-order valence-corrected chi connectivity index (χ2v) is 6.70. The average molecular weight is 331 g/mol. The number of rotatable bonds is 4. The van der Waals surface area contributed by atoms with Gasteiger partial charge in [0.1, 0.15) is 0 Å². The van der Waals surface area contributed by atoms with Gasteiger partial charge in [-0.1, -0.05) is 25.5 Å². The van der Waals surface area contributed by atoms with Gasteiger partial charge in [0.05, 0.1) is 6.04 Å². The molecule has 1 aromatic heterocycles. The Hall–Kier alpha value is -2.73. The summed E-state index contributed by atoms with van der Waals surface area (Å²) in [6.45, 7) is 6.18. The summed E-state index contributed by atoms with van der Waals surface area (Å²) in [5.41, 5.74) is 1.18. The van der Waals surface area contributed by atoms with Crippen molar-refractivity contribution < 1.29 is 9.59 Å².